The van der Waals surface area contributed by atoms with Crippen LogP contribution < -0.4 is 4.74 Å². The number of carbonyl (C=O) groups is 2. The molecule has 0 aliphatic heterocycles. The monoisotopic (exact) mass is 473 g/mol. The van der Waals surface area contributed by atoms with Crippen molar-refractivity contribution in [2.75, 3.05) is 13.7 Å². The molecule has 3 atom stereocenters. The third kappa shape index (κ3) is 6.24. The van der Waals surface area contributed by atoms with Gasteiger partial charge in [-0.2, -0.15) is 0 Å². The van der Waals surface area contributed by atoms with E-state index in [4.69, 9.17) is 9.47 Å². The van der Waals surface area contributed by atoms with E-state index < -0.39 is 12.1 Å². The van der Waals surface area contributed by atoms with Crippen LogP contribution in [0.2, 0.25) is 0 Å². The molecule has 34 heavy (non-hydrogen) atoms. The fourth-order valence-corrected chi connectivity index (χ4v) is 3.94. The average molecular weight is 474 g/mol. The van der Waals surface area contributed by atoms with Gasteiger partial charge in [-0.05, 0) is 50.7 Å². The summed E-state index contributed by atoms with van der Waals surface area (Å²) in [6, 6.07) is 3.65. The summed E-state index contributed by atoms with van der Waals surface area (Å²) >= 11 is 0. The lowest BCUT2D eigenvalue weighted by molar-refractivity contribution is -0.143. The van der Waals surface area contributed by atoms with Crippen molar-refractivity contribution in [3.8, 4) is 17.1 Å². The fourth-order valence-electron chi connectivity index (χ4n) is 3.94. The topological polar surface area (TPSA) is 120 Å². The van der Waals surface area contributed by atoms with Crippen LogP contribution in [-0.2, 0) is 23.1 Å². The van der Waals surface area contributed by atoms with Crippen LogP contribution in [0.1, 0.15) is 57.3 Å². The third-order valence-electron chi connectivity index (χ3n) is 6.38. The number of nitrogens with zero attached hydrogens (tertiary/aromatic N) is 5. The van der Waals surface area contributed by atoms with Crippen LogP contribution >= 0.6 is 0 Å². The Morgan fingerprint density at radius 3 is 2.76 bits per heavy atom. The molecular formula is C24H35N5O5. The zero-order valence-corrected chi connectivity index (χ0v) is 20.7. The van der Waals surface area contributed by atoms with Gasteiger partial charge in [0, 0.05) is 14.1 Å². The summed E-state index contributed by atoms with van der Waals surface area (Å²) in [5.41, 5.74) is 2.64. The standard InChI is InChI=1S/C24H35N5O5/c1-6-15(2)14-33-24(32)28(4)13-20-22(26-27-29(20)5)19-10-11-21(16(3)25-19)34-18-9-7-8-17(12-18)23(30)31/h10-11,15,17-18H,6-9,12-14H2,1-5H3,(H,30,31)/t15-,17-,18-/m0/s1. The minimum absolute atomic E-state index is 0.136. The second kappa shape index (κ2) is 11.3. The molecule has 0 spiro atoms. The summed E-state index contributed by atoms with van der Waals surface area (Å²) in [7, 11) is 3.45. The van der Waals surface area contributed by atoms with Crippen LogP contribution in [0.4, 0.5) is 4.79 Å². The largest absolute Gasteiger partial charge is 0.489 e. The first-order chi connectivity index (χ1) is 16.2. The van der Waals surface area contributed by atoms with Crippen LogP contribution in [0, 0.1) is 18.8 Å². The van der Waals surface area contributed by atoms with E-state index >= 15 is 0 Å². The number of hydrogen-bond acceptors (Lipinski definition) is 7. The van der Waals surface area contributed by atoms with Crippen molar-refractivity contribution in [2.24, 2.45) is 18.9 Å². The summed E-state index contributed by atoms with van der Waals surface area (Å²) < 4.78 is 13.1. The SMILES string of the molecule is CC[C@H](C)COC(=O)N(C)Cc1c(-c2ccc(O[C@H]3CCC[C@H](C(=O)O)C3)c(C)n2)nnn1C. The Bertz CT molecular complexity index is 1010. The first kappa shape index (κ1) is 25.5. The van der Waals surface area contributed by atoms with Crippen molar-refractivity contribution in [1.29, 1.82) is 0 Å². The van der Waals surface area contributed by atoms with Crippen molar-refractivity contribution >= 4 is 12.1 Å². The Morgan fingerprint density at radius 1 is 1.32 bits per heavy atom. The number of pyridine rings is 1. The summed E-state index contributed by atoms with van der Waals surface area (Å²) in [6.45, 7) is 6.60. The minimum atomic E-state index is -0.762. The number of ether oxygens (including phenoxy) is 2. The molecule has 2 aromatic rings. The van der Waals surface area contributed by atoms with Gasteiger partial charge in [0.1, 0.15) is 11.4 Å². The number of carbonyl (C=O) groups excluding carboxylic acids is 1. The predicted molar refractivity (Wildman–Crippen MR) is 125 cm³/mol. The maximum Gasteiger partial charge on any atom is 0.409 e. The number of carboxylic acid groups (broad SMARTS) is 1. The van der Waals surface area contributed by atoms with Gasteiger partial charge in [0.2, 0.25) is 0 Å². The van der Waals surface area contributed by atoms with Crippen LogP contribution in [-0.4, -0.2) is 61.8 Å². The van der Waals surface area contributed by atoms with Crippen molar-refractivity contribution in [3.05, 3.63) is 23.5 Å². The Morgan fingerprint density at radius 2 is 2.09 bits per heavy atom. The molecular weight excluding hydrogens is 438 g/mol. The summed E-state index contributed by atoms with van der Waals surface area (Å²) in [6.07, 6.45) is 3.28. The molecule has 3 rings (SSSR count). The second-order valence-corrected chi connectivity index (χ2v) is 9.18. The van der Waals surface area contributed by atoms with Gasteiger partial charge in [0.05, 0.1) is 42.3 Å². The van der Waals surface area contributed by atoms with Crippen LogP contribution in [0.25, 0.3) is 11.4 Å². The molecule has 1 N–H and O–H groups in total. The summed E-state index contributed by atoms with van der Waals surface area (Å²) in [5.74, 6) is -0.177. The molecule has 1 saturated carbocycles. The van der Waals surface area contributed by atoms with Gasteiger partial charge < -0.3 is 19.5 Å². The van der Waals surface area contributed by atoms with Crippen molar-refractivity contribution in [3.63, 3.8) is 0 Å². The number of amides is 1. The minimum Gasteiger partial charge on any atom is -0.489 e. The lowest BCUT2D eigenvalue weighted by Crippen LogP contribution is -2.29. The maximum atomic E-state index is 12.4. The highest BCUT2D eigenvalue weighted by Crippen LogP contribution is 2.30. The van der Waals surface area contributed by atoms with Gasteiger partial charge in [-0.25, -0.2) is 14.5 Å². The number of aryl methyl sites for hydroxylation is 2. The van der Waals surface area contributed by atoms with Gasteiger partial charge in [0.15, 0.2) is 0 Å². The third-order valence-corrected chi connectivity index (χ3v) is 6.38. The normalized spacial score (nSPS) is 18.9. The molecule has 0 bridgehead atoms. The Hall–Kier alpha value is -3.17. The molecule has 2 heterocycles. The molecule has 0 aromatic carbocycles. The van der Waals surface area contributed by atoms with Crippen LogP contribution in [0.3, 0.4) is 0 Å². The summed E-state index contributed by atoms with van der Waals surface area (Å²) in [5, 5.41) is 17.7. The van der Waals surface area contributed by atoms with Gasteiger partial charge in [-0.3, -0.25) is 4.79 Å². The Balaban J connectivity index is 1.70. The Kier molecular flexibility index (Phi) is 8.46. The second-order valence-electron chi connectivity index (χ2n) is 9.18. The van der Waals surface area contributed by atoms with E-state index in [1.54, 1.807) is 18.8 Å². The molecule has 1 aliphatic carbocycles. The van der Waals surface area contributed by atoms with E-state index in [2.05, 4.69) is 22.2 Å². The molecule has 1 fully saturated rings. The number of aliphatic carboxylic acids is 1. The fraction of sp³-hybridized carbons (Fsp3) is 0.625. The molecule has 186 valence electrons. The lowest BCUT2D eigenvalue weighted by atomic mass is 9.87. The van der Waals surface area contributed by atoms with Crippen molar-refractivity contribution in [1.82, 2.24) is 24.9 Å². The van der Waals surface area contributed by atoms with Crippen LogP contribution in [0.5, 0.6) is 5.75 Å². The van der Waals surface area contributed by atoms with Crippen molar-refractivity contribution in [2.45, 2.75) is 65.5 Å². The molecule has 2 aromatic heterocycles. The molecule has 10 heteroatoms. The molecule has 0 radical (unpaired) electrons. The lowest BCUT2D eigenvalue weighted by Gasteiger charge is -2.27. The van der Waals surface area contributed by atoms with E-state index in [0.29, 0.717) is 48.2 Å². The number of rotatable bonds is 9. The highest BCUT2D eigenvalue weighted by atomic mass is 16.6. The Labute approximate surface area is 200 Å². The molecule has 10 nitrogen and oxygen atoms in total. The number of hydrogen-bond donors (Lipinski definition) is 1. The molecule has 0 saturated heterocycles. The average Bonchev–Trinajstić information content (AvgIpc) is 3.18. The quantitative estimate of drug-likeness (QED) is 0.584. The van der Waals surface area contributed by atoms with E-state index in [1.807, 2.05) is 26.0 Å². The van der Waals surface area contributed by atoms with Gasteiger partial charge in [0.25, 0.3) is 0 Å². The first-order valence-corrected chi connectivity index (χ1v) is 11.8. The van der Waals surface area contributed by atoms with E-state index in [1.165, 1.54) is 4.90 Å². The molecule has 0 unspecified atom stereocenters. The van der Waals surface area contributed by atoms with E-state index in [-0.39, 0.29) is 18.6 Å². The van der Waals surface area contributed by atoms with Crippen LogP contribution in [0.15, 0.2) is 12.1 Å². The smallest absolute Gasteiger partial charge is 0.409 e. The number of carboxylic acids is 1. The first-order valence-electron chi connectivity index (χ1n) is 11.8. The highest BCUT2D eigenvalue weighted by Gasteiger charge is 2.28. The highest BCUT2D eigenvalue weighted by molar-refractivity contribution is 5.70. The van der Waals surface area contributed by atoms with Gasteiger partial charge in [-0.15, -0.1) is 5.10 Å². The van der Waals surface area contributed by atoms with E-state index in [0.717, 1.165) is 25.0 Å². The maximum absolute atomic E-state index is 12.4. The van der Waals surface area contributed by atoms with E-state index in [9.17, 15) is 14.7 Å². The van der Waals surface area contributed by atoms with Gasteiger partial charge >= 0.3 is 12.1 Å². The van der Waals surface area contributed by atoms with Crippen molar-refractivity contribution < 1.29 is 24.2 Å². The zero-order valence-electron chi connectivity index (χ0n) is 20.7. The van der Waals surface area contributed by atoms with Gasteiger partial charge in [-0.1, -0.05) is 25.5 Å². The molecule has 1 aliphatic rings. The zero-order chi connectivity index (χ0) is 24.8. The molecule has 1 amide bonds. The summed E-state index contributed by atoms with van der Waals surface area (Å²) in [4.78, 5) is 29.9. The predicted octanol–water partition coefficient (Wildman–Crippen LogP) is 3.82. The number of aromatic nitrogens is 4.